The highest BCUT2D eigenvalue weighted by atomic mass is 28.2. The summed E-state index contributed by atoms with van der Waals surface area (Å²) in [5, 5.41) is 0.164. The Morgan fingerprint density at radius 1 is 0.686 bits per heavy atom. The molecule has 3 aromatic rings. The van der Waals surface area contributed by atoms with Gasteiger partial charge >= 0.3 is 11.9 Å². The molecule has 0 heterocycles. The van der Waals surface area contributed by atoms with Crippen LogP contribution in [0.4, 0.5) is 0 Å². The van der Waals surface area contributed by atoms with Gasteiger partial charge in [-0.1, -0.05) is 69.3 Å². The molecule has 0 aliphatic rings. The second-order valence-electron chi connectivity index (χ2n) is 10.2. The van der Waals surface area contributed by atoms with Gasteiger partial charge in [-0.25, -0.2) is 9.59 Å². The zero-order valence-electron chi connectivity index (χ0n) is 21.2. The van der Waals surface area contributed by atoms with E-state index < -0.39 is 27.3 Å². The molecule has 0 aliphatic carbocycles. The molecule has 184 valence electrons. The topological polar surface area (TPSA) is 61.8 Å². The average Bonchev–Trinajstić information content (AvgIpc) is 2.85. The predicted molar refractivity (Wildman–Crippen MR) is 140 cm³/mol. The average molecular weight is 491 g/mol. The standard InChI is InChI=1S/C29H34O5Si/c1-28(2,3)35-34-29(4,5)25-17-16-23(19-32-26(30)21-12-8-6-9-13-21)24(18-25)20-33-27(31)22-14-10-7-11-15-22/h6-18H,19-20,35H2,1-5H3. The minimum absolute atomic E-state index is 0.0621. The third kappa shape index (κ3) is 7.91. The number of carbonyl (C=O) groups is 2. The van der Waals surface area contributed by atoms with E-state index in [1.165, 1.54) is 0 Å². The molecule has 0 amide bonds. The molecule has 35 heavy (non-hydrogen) atoms. The monoisotopic (exact) mass is 490 g/mol. The van der Waals surface area contributed by atoms with E-state index in [-0.39, 0.29) is 18.3 Å². The first-order valence-corrected chi connectivity index (χ1v) is 13.0. The van der Waals surface area contributed by atoms with E-state index in [0.717, 1.165) is 16.7 Å². The third-order valence-corrected chi connectivity index (χ3v) is 7.24. The lowest BCUT2D eigenvalue weighted by atomic mass is 9.94. The van der Waals surface area contributed by atoms with Crippen molar-refractivity contribution < 1.29 is 23.5 Å². The van der Waals surface area contributed by atoms with Gasteiger partial charge in [-0.05, 0) is 65.9 Å². The van der Waals surface area contributed by atoms with E-state index in [0.29, 0.717) is 11.1 Å². The van der Waals surface area contributed by atoms with Crippen LogP contribution in [0.25, 0.3) is 0 Å². The second-order valence-corrected chi connectivity index (χ2v) is 12.9. The van der Waals surface area contributed by atoms with Crippen molar-refractivity contribution in [1.29, 1.82) is 0 Å². The first-order chi connectivity index (χ1) is 16.5. The Morgan fingerprint density at radius 3 is 1.66 bits per heavy atom. The second kappa shape index (κ2) is 11.5. The first-order valence-electron chi connectivity index (χ1n) is 11.8. The van der Waals surface area contributed by atoms with E-state index in [9.17, 15) is 9.59 Å². The Bertz CT molecular complexity index is 1130. The van der Waals surface area contributed by atoms with E-state index >= 15 is 0 Å². The summed E-state index contributed by atoms with van der Waals surface area (Å²) >= 11 is 0. The van der Waals surface area contributed by atoms with Crippen LogP contribution < -0.4 is 0 Å². The fraction of sp³-hybridized carbons (Fsp3) is 0.310. The highest BCUT2D eigenvalue weighted by Crippen LogP contribution is 2.31. The van der Waals surface area contributed by atoms with Crippen LogP contribution in [0.3, 0.4) is 0 Å². The van der Waals surface area contributed by atoms with Gasteiger partial charge in [0, 0.05) is 0 Å². The lowest BCUT2D eigenvalue weighted by Crippen LogP contribution is -2.28. The summed E-state index contributed by atoms with van der Waals surface area (Å²) in [5.41, 5.74) is 3.03. The molecule has 3 aromatic carbocycles. The van der Waals surface area contributed by atoms with Crippen LogP contribution in [0, 0.1) is 0 Å². The summed E-state index contributed by atoms with van der Waals surface area (Å²) in [5.74, 6) is -0.805. The van der Waals surface area contributed by atoms with Crippen molar-refractivity contribution in [3.63, 3.8) is 0 Å². The maximum atomic E-state index is 12.5. The number of rotatable bonds is 9. The summed E-state index contributed by atoms with van der Waals surface area (Å²) in [6.45, 7) is 10.8. The SMILES string of the molecule is CC(C)(C)[SiH2]OC(C)(C)c1ccc(COC(=O)c2ccccc2)c(COC(=O)c2ccccc2)c1. The van der Waals surface area contributed by atoms with E-state index in [2.05, 4.69) is 34.6 Å². The van der Waals surface area contributed by atoms with Crippen molar-refractivity contribution in [2.24, 2.45) is 0 Å². The summed E-state index contributed by atoms with van der Waals surface area (Å²) in [4.78, 5) is 25.0. The molecule has 0 N–H and O–H groups in total. The number of carbonyl (C=O) groups excluding carboxylic acids is 2. The fourth-order valence-corrected chi connectivity index (χ4v) is 4.32. The highest BCUT2D eigenvalue weighted by Gasteiger charge is 2.25. The maximum Gasteiger partial charge on any atom is 0.338 e. The Morgan fingerprint density at radius 2 is 1.17 bits per heavy atom. The Labute approximate surface area is 210 Å². The highest BCUT2D eigenvalue weighted by molar-refractivity contribution is 6.31. The molecule has 0 aliphatic heterocycles. The van der Waals surface area contributed by atoms with Crippen LogP contribution in [0.2, 0.25) is 5.04 Å². The van der Waals surface area contributed by atoms with Crippen molar-refractivity contribution in [3.05, 3.63) is 107 Å². The van der Waals surface area contributed by atoms with E-state index in [1.807, 2.05) is 30.3 Å². The molecule has 0 saturated carbocycles. The van der Waals surface area contributed by atoms with Gasteiger partial charge in [-0.2, -0.15) is 0 Å². The number of esters is 2. The van der Waals surface area contributed by atoms with E-state index in [4.69, 9.17) is 13.9 Å². The number of benzene rings is 3. The maximum absolute atomic E-state index is 12.5. The van der Waals surface area contributed by atoms with Gasteiger partial charge in [0.05, 0.1) is 16.7 Å². The van der Waals surface area contributed by atoms with Crippen molar-refractivity contribution in [2.45, 2.75) is 58.5 Å². The Kier molecular flexibility index (Phi) is 8.65. The van der Waals surface area contributed by atoms with Gasteiger partial charge in [0.15, 0.2) is 9.76 Å². The van der Waals surface area contributed by atoms with Crippen LogP contribution in [0.5, 0.6) is 0 Å². The first kappa shape index (κ1) is 26.4. The molecule has 6 heteroatoms. The summed E-state index contributed by atoms with van der Waals surface area (Å²) in [6.07, 6.45) is 0. The van der Waals surface area contributed by atoms with Gasteiger partial charge in [0.25, 0.3) is 0 Å². The molecule has 0 unspecified atom stereocenters. The van der Waals surface area contributed by atoms with Gasteiger partial charge in [-0.15, -0.1) is 0 Å². The zero-order valence-corrected chi connectivity index (χ0v) is 22.6. The molecular weight excluding hydrogens is 456 g/mol. The van der Waals surface area contributed by atoms with Crippen molar-refractivity contribution in [1.82, 2.24) is 0 Å². The summed E-state index contributed by atoms with van der Waals surface area (Å²) < 4.78 is 17.5. The van der Waals surface area contributed by atoms with Gasteiger partial charge in [-0.3, -0.25) is 0 Å². The zero-order chi connectivity index (χ0) is 25.5. The van der Waals surface area contributed by atoms with Crippen molar-refractivity contribution in [2.75, 3.05) is 0 Å². The molecule has 0 bridgehead atoms. The molecule has 0 spiro atoms. The Balaban J connectivity index is 1.81. The molecule has 5 nitrogen and oxygen atoms in total. The smallest absolute Gasteiger partial charge is 0.338 e. The summed E-state index contributed by atoms with van der Waals surface area (Å²) in [7, 11) is -0.785. The van der Waals surface area contributed by atoms with E-state index in [1.54, 1.807) is 48.5 Å². The van der Waals surface area contributed by atoms with Crippen LogP contribution >= 0.6 is 0 Å². The minimum Gasteiger partial charge on any atom is -0.457 e. The molecular formula is C29H34O5Si. The van der Waals surface area contributed by atoms with Crippen LogP contribution in [-0.4, -0.2) is 21.7 Å². The van der Waals surface area contributed by atoms with Crippen LogP contribution in [0.15, 0.2) is 78.9 Å². The quantitative estimate of drug-likeness (QED) is 0.274. The number of ether oxygens (including phenoxy) is 2. The summed E-state index contributed by atoms with van der Waals surface area (Å²) in [6, 6.07) is 23.6. The largest absolute Gasteiger partial charge is 0.457 e. The molecule has 0 saturated heterocycles. The molecule has 3 rings (SSSR count). The molecule has 0 atom stereocenters. The van der Waals surface area contributed by atoms with Crippen molar-refractivity contribution >= 4 is 21.7 Å². The number of hydrogen-bond acceptors (Lipinski definition) is 5. The lowest BCUT2D eigenvalue weighted by molar-refractivity contribution is 0.0434. The van der Waals surface area contributed by atoms with Crippen LogP contribution in [-0.2, 0) is 32.7 Å². The van der Waals surface area contributed by atoms with Crippen LogP contribution in [0.1, 0.15) is 72.0 Å². The minimum atomic E-state index is -0.785. The fourth-order valence-electron chi connectivity index (χ4n) is 3.36. The predicted octanol–water partition coefficient (Wildman–Crippen LogP) is 5.95. The molecule has 0 aromatic heterocycles. The normalized spacial score (nSPS) is 12.0. The molecule has 0 fully saturated rings. The van der Waals surface area contributed by atoms with Crippen molar-refractivity contribution in [3.8, 4) is 0 Å². The molecule has 0 radical (unpaired) electrons. The Hall–Kier alpha value is -3.22. The van der Waals surface area contributed by atoms with Gasteiger partial charge in [0.2, 0.25) is 0 Å². The number of hydrogen-bond donors (Lipinski definition) is 0. The van der Waals surface area contributed by atoms with Gasteiger partial charge in [0.1, 0.15) is 13.2 Å². The third-order valence-electron chi connectivity index (χ3n) is 5.50. The lowest BCUT2D eigenvalue weighted by Gasteiger charge is -2.31. The van der Waals surface area contributed by atoms with Gasteiger partial charge < -0.3 is 13.9 Å².